The number of hydrogen-bond acceptors (Lipinski definition) is 7. The number of methoxy groups -OCH3 is 1. The van der Waals surface area contributed by atoms with E-state index >= 15 is 0 Å². The van der Waals surface area contributed by atoms with Crippen molar-refractivity contribution in [1.29, 1.82) is 0 Å². The molecule has 10 heteroatoms. The van der Waals surface area contributed by atoms with E-state index in [-0.39, 0.29) is 23.1 Å². The predicted molar refractivity (Wildman–Crippen MR) is 115 cm³/mol. The van der Waals surface area contributed by atoms with Gasteiger partial charge < -0.3 is 9.47 Å². The lowest BCUT2D eigenvalue weighted by atomic mass is 10.2. The largest absolute Gasteiger partial charge is 0.497 e. The first-order valence-corrected chi connectivity index (χ1v) is 11.7. The molecule has 0 radical (unpaired) electrons. The van der Waals surface area contributed by atoms with E-state index in [1.165, 1.54) is 23.5 Å². The lowest BCUT2D eigenvalue weighted by Gasteiger charge is -2.12. The van der Waals surface area contributed by atoms with Gasteiger partial charge in [0.15, 0.2) is 5.13 Å². The molecule has 1 aliphatic heterocycles. The van der Waals surface area contributed by atoms with Crippen molar-refractivity contribution in [3.05, 3.63) is 48.0 Å². The first kappa shape index (κ1) is 20.7. The molecular formula is C20H21N3O5S2. The van der Waals surface area contributed by atoms with E-state index < -0.39 is 15.9 Å². The van der Waals surface area contributed by atoms with Crippen molar-refractivity contribution in [1.82, 2.24) is 9.71 Å². The van der Waals surface area contributed by atoms with Crippen LogP contribution in [0.3, 0.4) is 0 Å². The van der Waals surface area contributed by atoms with Gasteiger partial charge in [-0.15, -0.1) is 0 Å². The average Bonchev–Trinajstić information content (AvgIpc) is 3.41. The van der Waals surface area contributed by atoms with Gasteiger partial charge in [0.25, 0.3) is 5.91 Å². The summed E-state index contributed by atoms with van der Waals surface area (Å²) in [4.78, 5) is 17.1. The van der Waals surface area contributed by atoms with Crippen molar-refractivity contribution in [3.8, 4) is 5.75 Å². The molecule has 1 atom stereocenters. The number of aromatic nitrogens is 1. The molecule has 1 aliphatic rings. The summed E-state index contributed by atoms with van der Waals surface area (Å²) in [5.74, 6) is 0.273. The third-order valence-corrected chi connectivity index (χ3v) is 7.10. The Bertz CT molecular complexity index is 1170. The summed E-state index contributed by atoms with van der Waals surface area (Å²) in [6, 6.07) is 11.4. The van der Waals surface area contributed by atoms with Gasteiger partial charge in [-0.25, -0.2) is 18.1 Å². The first-order valence-electron chi connectivity index (χ1n) is 9.42. The summed E-state index contributed by atoms with van der Waals surface area (Å²) < 4.78 is 39.2. The van der Waals surface area contributed by atoms with Gasteiger partial charge in [-0.2, -0.15) is 0 Å². The number of anilines is 1. The molecule has 1 amide bonds. The van der Waals surface area contributed by atoms with E-state index in [4.69, 9.17) is 9.47 Å². The first-order chi connectivity index (χ1) is 14.4. The number of nitrogens with one attached hydrogen (secondary N) is 2. The molecule has 8 nitrogen and oxygen atoms in total. The Morgan fingerprint density at radius 1 is 1.30 bits per heavy atom. The Hall–Kier alpha value is -2.53. The van der Waals surface area contributed by atoms with Gasteiger partial charge >= 0.3 is 0 Å². The van der Waals surface area contributed by atoms with E-state index in [9.17, 15) is 13.2 Å². The predicted octanol–water partition coefficient (Wildman–Crippen LogP) is 3.01. The van der Waals surface area contributed by atoms with Crippen molar-refractivity contribution in [3.63, 3.8) is 0 Å². The van der Waals surface area contributed by atoms with Crippen LogP contribution in [0.15, 0.2) is 47.4 Å². The molecule has 1 unspecified atom stereocenters. The van der Waals surface area contributed by atoms with Crippen LogP contribution < -0.4 is 14.8 Å². The maximum absolute atomic E-state index is 12.7. The molecule has 4 rings (SSSR count). The van der Waals surface area contributed by atoms with Crippen molar-refractivity contribution in [2.75, 3.05) is 25.6 Å². The summed E-state index contributed by atoms with van der Waals surface area (Å²) in [5, 5.41) is 3.16. The highest BCUT2D eigenvalue weighted by molar-refractivity contribution is 7.89. The van der Waals surface area contributed by atoms with Crippen molar-refractivity contribution in [2.45, 2.75) is 23.8 Å². The topological polar surface area (TPSA) is 107 Å². The molecule has 3 aromatic rings. The monoisotopic (exact) mass is 447 g/mol. The number of rotatable bonds is 7. The molecule has 2 heterocycles. The van der Waals surface area contributed by atoms with Crippen LogP contribution in [0.2, 0.25) is 0 Å². The number of carbonyl (C=O) groups is 1. The lowest BCUT2D eigenvalue weighted by molar-refractivity contribution is 0.102. The highest BCUT2D eigenvalue weighted by Crippen LogP contribution is 2.29. The standard InChI is InChI=1S/C20H21N3O5S2/c1-27-14-7-8-17-18(11-14)29-20(22-17)23-19(24)13-4-2-6-16(10-13)30(25,26)21-12-15-5-3-9-28-15/h2,4,6-8,10-11,15,21H,3,5,9,12H2,1H3,(H,22,23,24). The Labute approximate surface area is 178 Å². The molecule has 158 valence electrons. The summed E-state index contributed by atoms with van der Waals surface area (Å²) in [6.07, 6.45) is 1.66. The summed E-state index contributed by atoms with van der Waals surface area (Å²) in [7, 11) is -2.16. The second-order valence-electron chi connectivity index (χ2n) is 6.82. The van der Waals surface area contributed by atoms with E-state index in [2.05, 4.69) is 15.0 Å². The molecule has 2 N–H and O–H groups in total. The lowest BCUT2D eigenvalue weighted by Crippen LogP contribution is -2.32. The maximum atomic E-state index is 12.7. The number of ether oxygens (including phenoxy) is 2. The summed E-state index contributed by atoms with van der Waals surface area (Å²) >= 11 is 1.31. The molecule has 0 bridgehead atoms. The molecular weight excluding hydrogens is 426 g/mol. The minimum Gasteiger partial charge on any atom is -0.497 e. The van der Waals surface area contributed by atoms with Crippen molar-refractivity contribution in [2.24, 2.45) is 0 Å². The highest BCUT2D eigenvalue weighted by atomic mass is 32.2. The van der Waals surface area contributed by atoms with Gasteiger partial charge in [-0.05, 0) is 49.2 Å². The SMILES string of the molecule is COc1ccc2nc(NC(=O)c3cccc(S(=O)(=O)NCC4CCCO4)c3)sc2c1. The van der Waals surface area contributed by atoms with Gasteiger partial charge in [-0.3, -0.25) is 10.1 Å². The molecule has 0 saturated carbocycles. The van der Waals surface area contributed by atoms with E-state index in [1.807, 2.05) is 12.1 Å². The van der Waals surface area contributed by atoms with Gasteiger partial charge in [0, 0.05) is 18.7 Å². The van der Waals surface area contributed by atoms with Gasteiger partial charge in [0.2, 0.25) is 10.0 Å². The van der Waals surface area contributed by atoms with Gasteiger partial charge in [0.05, 0.1) is 28.3 Å². The zero-order chi connectivity index (χ0) is 21.1. The fourth-order valence-electron chi connectivity index (χ4n) is 3.15. The van der Waals surface area contributed by atoms with Crippen molar-refractivity contribution >= 4 is 42.6 Å². The minimum absolute atomic E-state index is 0.0298. The Kier molecular flexibility index (Phi) is 6.00. The fourth-order valence-corrected chi connectivity index (χ4v) is 5.15. The van der Waals surface area contributed by atoms with Crippen LogP contribution in [0.1, 0.15) is 23.2 Å². The number of sulfonamides is 1. The second kappa shape index (κ2) is 8.68. The van der Waals surface area contributed by atoms with Crippen LogP contribution in [0.5, 0.6) is 5.75 Å². The number of amides is 1. The summed E-state index contributed by atoms with van der Waals surface area (Å²) in [5.41, 5.74) is 0.970. The molecule has 1 fully saturated rings. The minimum atomic E-state index is -3.74. The zero-order valence-corrected chi connectivity index (χ0v) is 17.9. The quantitative estimate of drug-likeness (QED) is 0.577. The number of benzene rings is 2. The van der Waals surface area contributed by atoms with Gasteiger partial charge in [-0.1, -0.05) is 17.4 Å². The van der Waals surface area contributed by atoms with Crippen LogP contribution in [-0.2, 0) is 14.8 Å². The number of thiazole rings is 1. The Balaban J connectivity index is 1.48. The number of fused-ring (bicyclic) bond motifs is 1. The number of nitrogens with zero attached hydrogens (tertiary/aromatic N) is 1. The zero-order valence-electron chi connectivity index (χ0n) is 16.3. The molecule has 30 heavy (non-hydrogen) atoms. The Morgan fingerprint density at radius 3 is 2.93 bits per heavy atom. The van der Waals surface area contributed by atoms with Crippen molar-refractivity contribution < 1.29 is 22.7 Å². The fraction of sp³-hybridized carbons (Fsp3) is 0.300. The van der Waals surface area contributed by atoms with E-state index in [0.717, 1.165) is 23.1 Å². The van der Waals surface area contributed by atoms with Crippen LogP contribution in [-0.4, -0.2) is 45.7 Å². The highest BCUT2D eigenvalue weighted by Gasteiger charge is 2.21. The molecule has 1 saturated heterocycles. The van der Waals surface area contributed by atoms with E-state index in [1.54, 1.807) is 25.3 Å². The molecule has 0 aliphatic carbocycles. The Morgan fingerprint density at radius 2 is 2.17 bits per heavy atom. The summed E-state index contributed by atoms with van der Waals surface area (Å²) in [6.45, 7) is 0.870. The van der Waals surface area contributed by atoms with Gasteiger partial charge in [0.1, 0.15) is 5.75 Å². The maximum Gasteiger partial charge on any atom is 0.257 e. The van der Waals surface area contributed by atoms with Crippen LogP contribution in [0, 0.1) is 0 Å². The average molecular weight is 448 g/mol. The third-order valence-electron chi connectivity index (χ3n) is 4.75. The van der Waals surface area contributed by atoms with Crippen LogP contribution in [0.25, 0.3) is 10.2 Å². The smallest absolute Gasteiger partial charge is 0.257 e. The van der Waals surface area contributed by atoms with Crippen LogP contribution in [0.4, 0.5) is 5.13 Å². The second-order valence-corrected chi connectivity index (χ2v) is 9.62. The number of carbonyl (C=O) groups excluding carboxylic acids is 1. The molecule has 0 spiro atoms. The molecule has 1 aromatic heterocycles. The van der Waals surface area contributed by atoms with Crippen LogP contribution >= 0.6 is 11.3 Å². The third kappa shape index (κ3) is 4.62. The van der Waals surface area contributed by atoms with E-state index in [0.29, 0.717) is 17.5 Å². The molecule has 2 aromatic carbocycles. The number of hydrogen-bond donors (Lipinski definition) is 2. The normalized spacial score (nSPS) is 16.6.